The maximum atomic E-state index is 12.7. The fourth-order valence-electron chi connectivity index (χ4n) is 2.69. The van der Waals surface area contributed by atoms with Gasteiger partial charge in [-0.2, -0.15) is 9.29 Å². The summed E-state index contributed by atoms with van der Waals surface area (Å²) in [6.07, 6.45) is 0. The van der Waals surface area contributed by atoms with Crippen molar-refractivity contribution in [2.45, 2.75) is 11.4 Å². The fraction of sp³-hybridized carbons (Fsp3) is 0.250. The molecule has 0 fully saturated rings. The van der Waals surface area contributed by atoms with E-state index >= 15 is 0 Å². The molecule has 0 spiro atoms. The van der Waals surface area contributed by atoms with Gasteiger partial charge in [0.1, 0.15) is 5.75 Å². The molecule has 1 amide bonds. The lowest BCUT2D eigenvalue weighted by molar-refractivity contribution is -0.130. The van der Waals surface area contributed by atoms with Gasteiger partial charge in [0.05, 0.1) is 30.1 Å². The van der Waals surface area contributed by atoms with Crippen molar-refractivity contribution < 1.29 is 22.5 Å². The van der Waals surface area contributed by atoms with Crippen LogP contribution in [0.25, 0.3) is 11.4 Å². The molecule has 31 heavy (non-hydrogen) atoms. The second kappa shape index (κ2) is 9.46. The molecule has 11 heteroatoms. The van der Waals surface area contributed by atoms with Crippen molar-refractivity contribution in [3.8, 4) is 17.1 Å². The van der Waals surface area contributed by atoms with Crippen LogP contribution >= 0.6 is 11.6 Å². The molecule has 1 heterocycles. The normalized spacial score (nSPS) is 11.5. The van der Waals surface area contributed by atoms with Crippen LogP contribution in [0, 0.1) is 0 Å². The summed E-state index contributed by atoms with van der Waals surface area (Å²) in [6, 6.07) is 13.0. The summed E-state index contributed by atoms with van der Waals surface area (Å²) in [5.74, 6) is 0.609. The molecule has 0 saturated carbocycles. The van der Waals surface area contributed by atoms with Gasteiger partial charge in [-0.3, -0.25) is 4.79 Å². The number of benzene rings is 2. The first-order valence-electron chi connectivity index (χ1n) is 9.14. The molecule has 0 unspecified atom stereocenters. The summed E-state index contributed by atoms with van der Waals surface area (Å²) in [5, 5.41) is 4.37. The third-order valence-corrected chi connectivity index (χ3v) is 6.65. The number of sulfonamides is 1. The number of nitrogens with zero attached hydrogens (tertiary/aromatic N) is 4. The lowest BCUT2D eigenvalue weighted by atomic mass is 10.2. The van der Waals surface area contributed by atoms with Gasteiger partial charge in [-0.1, -0.05) is 28.9 Å². The maximum absolute atomic E-state index is 12.7. The second-order valence-electron chi connectivity index (χ2n) is 6.68. The van der Waals surface area contributed by atoms with Crippen molar-refractivity contribution in [1.29, 1.82) is 0 Å². The number of carbonyl (C=O) groups is 1. The molecular formula is C20H21ClN4O5S. The molecule has 0 aliphatic carbocycles. The molecule has 1 aromatic heterocycles. The van der Waals surface area contributed by atoms with Gasteiger partial charge in [0.15, 0.2) is 0 Å². The molecule has 0 saturated heterocycles. The number of aromatic nitrogens is 2. The number of carbonyl (C=O) groups excluding carboxylic acids is 1. The van der Waals surface area contributed by atoms with Crippen molar-refractivity contribution in [3.05, 3.63) is 59.4 Å². The molecule has 0 aliphatic heterocycles. The van der Waals surface area contributed by atoms with Crippen molar-refractivity contribution >= 4 is 27.5 Å². The average molecular weight is 465 g/mol. The first-order chi connectivity index (χ1) is 14.7. The highest BCUT2D eigenvalue weighted by molar-refractivity contribution is 7.89. The standard InChI is InChI=1S/C20H21ClN4O5S/c1-24(12-18-22-20(23-30-18)16-6-4-5-7-17(16)21)19(26)13-25(2)31(27,28)15-10-8-14(29-3)9-11-15/h4-11H,12-13H2,1-3H3. The van der Waals surface area contributed by atoms with Crippen LogP contribution in [-0.2, 0) is 21.4 Å². The van der Waals surface area contributed by atoms with E-state index in [4.69, 9.17) is 20.9 Å². The van der Waals surface area contributed by atoms with Crippen LogP contribution in [0.2, 0.25) is 5.02 Å². The van der Waals surface area contributed by atoms with E-state index in [1.54, 1.807) is 36.4 Å². The minimum Gasteiger partial charge on any atom is -0.497 e. The quantitative estimate of drug-likeness (QED) is 0.504. The number of methoxy groups -OCH3 is 1. The van der Waals surface area contributed by atoms with Crippen LogP contribution in [0.4, 0.5) is 0 Å². The van der Waals surface area contributed by atoms with Crippen LogP contribution < -0.4 is 4.74 Å². The zero-order chi connectivity index (χ0) is 22.6. The third kappa shape index (κ3) is 5.22. The van der Waals surface area contributed by atoms with E-state index in [0.29, 0.717) is 22.2 Å². The van der Waals surface area contributed by atoms with Crippen molar-refractivity contribution in [2.75, 3.05) is 27.7 Å². The summed E-state index contributed by atoms with van der Waals surface area (Å²) in [4.78, 5) is 18.2. The molecule has 0 bridgehead atoms. The molecule has 0 aliphatic rings. The topological polar surface area (TPSA) is 106 Å². The monoisotopic (exact) mass is 464 g/mol. The lowest BCUT2D eigenvalue weighted by Gasteiger charge is -2.20. The van der Waals surface area contributed by atoms with Gasteiger partial charge >= 0.3 is 0 Å². The summed E-state index contributed by atoms with van der Waals surface area (Å²) in [6.45, 7) is -0.330. The predicted molar refractivity (Wildman–Crippen MR) is 114 cm³/mol. The predicted octanol–water partition coefficient (Wildman–Crippen LogP) is 2.68. The van der Waals surface area contributed by atoms with Crippen molar-refractivity contribution in [1.82, 2.24) is 19.3 Å². The first kappa shape index (κ1) is 22.7. The fourth-order valence-corrected chi connectivity index (χ4v) is 4.03. The highest BCUT2D eigenvalue weighted by Gasteiger charge is 2.25. The molecule has 3 aromatic rings. The van der Waals surface area contributed by atoms with E-state index in [2.05, 4.69) is 10.1 Å². The van der Waals surface area contributed by atoms with Crippen molar-refractivity contribution in [3.63, 3.8) is 0 Å². The lowest BCUT2D eigenvalue weighted by Crippen LogP contribution is -2.39. The van der Waals surface area contributed by atoms with Gasteiger partial charge in [0.2, 0.25) is 27.6 Å². The molecule has 164 valence electrons. The molecule has 0 radical (unpaired) electrons. The smallest absolute Gasteiger partial charge is 0.246 e. The largest absolute Gasteiger partial charge is 0.497 e. The minimum absolute atomic E-state index is 0.0205. The summed E-state index contributed by atoms with van der Waals surface area (Å²) in [7, 11) is 0.517. The molecule has 2 aromatic carbocycles. The molecule has 3 rings (SSSR count). The van der Waals surface area contributed by atoms with E-state index in [1.165, 1.54) is 38.2 Å². The summed E-state index contributed by atoms with van der Waals surface area (Å²) >= 11 is 6.14. The average Bonchev–Trinajstić information content (AvgIpc) is 3.22. The number of rotatable bonds is 8. The van der Waals surface area contributed by atoms with Gasteiger partial charge in [-0.05, 0) is 36.4 Å². The van der Waals surface area contributed by atoms with Crippen LogP contribution in [-0.4, -0.2) is 61.4 Å². The molecule has 9 nitrogen and oxygen atoms in total. The summed E-state index contributed by atoms with van der Waals surface area (Å²) < 4.78 is 36.6. The number of hydrogen-bond acceptors (Lipinski definition) is 7. The van der Waals surface area contributed by atoms with Gasteiger partial charge < -0.3 is 14.2 Å². The Kier molecular flexibility index (Phi) is 6.94. The Labute approximate surface area is 185 Å². The van der Waals surface area contributed by atoms with E-state index in [1.807, 2.05) is 0 Å². The minimum atomic E-state index is -3.84. The van der Waals surface area contributed by atoms with Crippen LogP contribution in [0.15, 0.2) is 57.9 Å². The Balaban J connectivity index is 1.64. The Morgan fingerprint density at radius 3 is 2.45 bits per heavy atom. The number of ether oxygens (including phenoxy) is 1. The number of amides is 1. The third-order valence-electron chi connectivity index (χ3n) is 4.51. The van der Waals surface area contributed by atoms with Gasteiger partial charge in [-0.25, -0.2) is 8.42 Å². The van der Waals surface area contributed by atoms with E-state index in [-0.39, 0.29) is 23.9 Å². The highest BCUT2D eigenvalue weighted by Crippen LogP contribution is 2.25. The number of likely N-dealkylation sites (N-methyl/N-ethyl adjacent to an activating group) is 2. The summed E-state index contributed by atoms with van der Waals surface area (Å²) in [5.41, 5.74) is 0.610. The molecule has 0 atom stereocenters. The maximum Gasteiger partial charge on any atom is 0.246 e. The van der Waals surface area contributed by atoms with Gasteiger partial charge in [0, 0.05) is 19.7 Å². The second-order valence-corrected chi connectivity index (χ2v) is 9.13. The Bertz CT molecular complexity index is 1160. The van der Waals surface area contributed by atoms with Gasteiger partial charge in [-0.15, -0.1) is 0 Å². The Morgan fingerprint density at radius 1 is 1.13 bits per heavy atom. The van der Waals surface area contributed by atoms with Crippen LogP contribution in [0.1, 0.15) is 5.89 Å². The van der Waals surface area contributed by atoms with Crippen molar-refractivity contribution in [2.24, 2.45) is 0 Å². The highest BCUT2D eigenvalue weighted by atomic mass is 35.5. The Morgan fingerprint density at radius 2 is 1.81 bits per heavy atom. The van der Waals surface area contributed by atoms with Crippen LogP contribution in [0.5, 0.6) is 5.75 Å². The van der Waals surface area contributed by atoms with Crippen LogP contribution in [0.3, 0.4) is 0 Å². The zero-order valence-electron chi connectivity index (χ0n) is 17.1. The molecular weight excluding hydrogens is 444 g/mol. The van der Waals surface area contributed by atoms with E-state index in [0.717, 1.165) is 4.31 Å². The Hall–Kier alpha value is -2.95. The zero-order valence-corrected chi connectivity index (χ0v) is 18.7. The molecule has 0 N–H and O–H groups in total. The van der Waals surface area contributed by atoms with E-state index in [9.17, 15) is 13.2 Å². The SMILES string of the molecule is COc1ccc(S(=O)(=O)N(C)CC(=O)N(C)Cc2nc(-c3ccccc3Cl)no2)cc1. The van der Waals surface area contributed by atoms with E-state index < -0.39 is 15.9 Å². The van der Waals surface area contributed by atoms with Gasteiger partial charge in [0.25, 0.3) is 0 Å². The number of hydrogen-bond donors (Lipinski definition) is 0. The first-order valence-corrected chi connectivity index (χ1v) is 11.0. The number of halogens is 1.